The molecule has 1 aromatic heterocycles. The molecule has 2 heterocycles. The summed E-state index contributed by atoms with van der Waals surface area (Å²) < 4.78 is 63.3. The van der Waals surface area contributed by atoms with Crippen LogP contribution in [0.4, 0.5) is 24.8 Å². The molecule has 38 heavy (non-hydrogen) atoms. The van der Waals surface area contributed by atoms with Gasteiger partial charge in [0.25, 0.3) is 0 Å². The van der Waals surface area contributed by atoms with E-state index >= 15 is 0 Å². The van der Waals surface area contributed by atoms with Gasteiger partial charge < -0.3 is 15.4 Å². The van der Waals surface area contributed by atoms with E-state index in [2.05, 4.69) is 31.9 Å². The van der Waals surface area contributed by atoms with E-state index in [1.165, 1.54) is 23.9 Å². The van der Waals surface area contributed by atoms with Crippen molar-refractivity contribution in [3.8, 4) is 5.75 Å². The van der Waals surface area contributed by atoms with E-state index in [0.717, 1.165) is 30.8 Å². The Morgan fingerprint density at radius 1 is 1.24 bits per heavy atom. The lowest BCUT2D eigenvalue weighted by atomic mass is 10.1. The largest absolute Gasteiger partial charge is 0.458 e. The van der Waals surface area contributed by atoms with Crippen molar-refractivity contribution >= 4 is 39.3 Å². The predicted octanol–water partition coefficient (Wildman–Crippen LogP) is 6.51. The lowest BCUT2D eigenvalue weighted by Crippen LogP contribution is -2.38. The van der Waals surface area contributed by atoms with E-state index in [4.69, 9.17) is 4.74 Å². The van der Waals surface area contributed by atoms with Gasteiger partial charge in [0.1, 0.15) is 5.76 Å². The number of thioether (sulfide) groups is 1. The van der Waals surface area contributed by atoms with Gasteiger partial charge in [-0.2, -0.15) is 4.39 Å². The van der Waals surface area contributed by atoms with Gasteiger partial charge in [-0.05, 0) is 69.2 Å². The first-order valence-corrected chi connectivity index (χ1v) is 14.5. The molecule has 1 saturated carbocycles. The normalized spacial score (nSPS) is 19.3. The lowest BCUT2D eigenvalue weighted by molar-refractivity contribution is 0.386. The summed E-state index contributed by atoms with van der Waals surface area (Å²) in [6.07, 6.45) is 3.90. The first kappa shape index (κ1) is 30.0. The van der Waals surface area contributed by atoms with Gasteiger partial charge in [0.05, 0.1) is 16.3 Å². The Balaban J connectivity index is 0.00000195. The maximum atomic E-state index is 14.8. The molecule has 2 unspecified atom stereocenters. The second-order valence-electron chi connectivity index (χ2n) is 8.74. The molecule has 1 aliphatic heterocycles. The number of piperidine rings is 1. The smallest absolute Gasteiger partial charge is 0.223 e. The number of hydrogen-bond acceptors (Lipinski definition) is 7. The zero-order valence-corrected chi connectivity index (χ0v) is 23.6. The number of nitrogens with one attached hydrogen (secondary N) is 3. The molecule has 1 aromatic carbocycles. The Labute approximate surface area is 228 Å². The Morgan fingerprint density at radius 3 is 2.61 bits per heavy atom. The summed E-state index contributed by atoms with van der Waals surface area (Å²) in [7, 11) is -2.17. The molecule has 7 nitrogen and oxygen atoms in total. The Bertz CT molecular complexity index is 1200. The molecule has 2 atom stereocenters. The molecule has 2 aromatic rings. The van der Waals surface area contributed by atoms with Crippen LogP contribution in [0.2, 0.25) is 0 Å². The van der Waals surface area contributed by atoms with Crippen LogP contribution in [-0.4, -0.2) is 38.3 Å². The summed E-state index contributed by atoms with van der Waals surface area (Å²) in [6.45, 7) is 13.2. The first-order chi connectivity index (χ1) is 18.2. The molecule has 2 aliphatic rings. The van der Waals surface area contributed by atoms with Crippen molar-refractivity contribution in [2.45, 2.75) is 64.4 Å². The highest BCUT2D eigenvalue weighted by molar-refractivity contribution is 8.11. The summed E-state index contributed by atoms with van der Waals surface area (Å²) in [4.78, 5) is 10.2. The van der Waals surface area contributed by atoms with Gasteiger partial charge in [-0.15, -0.1) is 0 Å². The molecular formula is C26H34F3N5O2S2. The predicted molar refractivity (Wildman–Crippen MR) is 150 cm³/mol. The number of hydrogen-bond donors (Lipinski definition) is 3. The van der Waals surface area contributed by atoms with Gasteiger partial charge in [-0.3, -0.25) is 4.72 Å². The van der Waals surface area contributed by atoms with Crippen molar-refractivity contribution in [2.75, 3.05) is 23.1 Å². The third-order valence-corrected chi connectivity index (χ3v) is 8.13. The third-order valence-electron chi connectivity index (χ3n) is 5.60. The van der Waals surface area contributed by atoms with Crippen molar-refractivity contribution in [1.82, 2.24) is 15.3 Å². The van der Waals surface area contributed by atoms with Crippen molar-refractivity contribution in [3.63, 3.8) is 0 Å². The SMILES string of the molecule is C=C(C)S/C(=C(\C)Oc1ccc(NS(=O)C2(F)CC2)c(F)c1F)c1ccnc(NC2CCCNC2)n1.CC. The van der Waals surface area contributed by atoms with Crippen LogP contribution in [0.1, 0.15) is 59.1 Å². The van der Waals surface area contributed by atoms with Gasteiger partial charge in [-0.1, -0.05) is 32.2 Å². The summed E-state index contributed by atoms with van der Waals surface area (Å²) in [6, 6.07) is 4.28. The fourth-order valence-electron chi connectivity index (χ4n) is 3.57. The third kappa shape index (κ3) is 7.73. The molecule has 208 valence electrons. The van der Waals surface area contributed by atoms with Crippen LogP contribution in [-0.2, 0) is 11.0 Å². The number of benzene rings is 1. The van der Waals surface area contributed by atoms with Crippen LogP contribution in [0.25, 0.3) is 4.91 Å². The molecule has 0 spiro atoms. The highest BCUT2D eigenvalue weighted by Crippen LogP contribution is 2.43. The van der Waals surface area contributed by atoms with Crippen molar-refractivity contribution < 1.29 is 22.1 Å². The van der Waals surface area contributed by atoms with Crippen molar-refractivity contribution in [3.05, 3.63) is 59.0 Å². The molecule has 1 saturated heterocycles. The summed E-state index contributed by atoms with van der Waals surface area (Å²) in [5.74, 6) is -2.23. The quantitative estimate of drug-likeness (QED) is 0.281. The van der Waals surface area contributed by atoms with Gasteiger partial charge in [-0.25, -0.2) is 23.0 Å². The molecule has 0 radical (unpaired) electrons. The van der Waals surface area contributed by atoms with E-state index in [0.29, 0.717) is 16.5 Å². The molecule has 3 N–H and O–H groups in total. The zero-order chi connectivity index (χ0) is 27.9. The molecule has 0 amide bonds. The van der Waals surface area contributed by atoms with Crippen LogP contribution in [0.5, 0.6) is 5.75 Å². The number of alkyl halides is 1. The minimum atomic E-state index is -2.17. The fourth-order valence-corrected chi connectivity index (χ4v) is 5.33. The number of rotatable bonds is 10. The number of ether oxygens (including phenoxy) is 1. The van der Waals surface area contributed by atoms with Crippen LogP contribution in [0.15, 0.2) is 41.6 Å². The van der Waals surface area contributed by atoms with Gasteiger partial charge >= 0.3 is 0 Å². The second-order valence-corrected chi connectivity index (χ2v) is 11.5. The van der Waals surface area contributed by atoms with E-state index in [-0.39, 0.29) is 30.4 Å². The van der Waals surface area contributed by atoms with E-state index in [9.17, 15) is 17.4 Å². The number of aromatic nitrogens is 2. The maximum absolute atomic E-state index is 14.8. The Kier molecular flexibility index (Phi) is 10.6. The second kappa shape index (κ2) is 13.5. The topological polar surface area (TPSA) is 88.2 Å². The van der Waals surface area contributed by atoms with E-state index in [1.807, 2.05) is 20.8 Å². The summed E-state index contributed by atoms with van der Waals surface area (Å²) >= 11 is 1.29. The minimum absolute atomic E-state index is 0.114. The van der Waals surface area contributed by atoms with Gasteiger partial charge in [0, 0.05) is 18.8 Å². The van der Waals surface area contributed by atoms with Crippen molar-refractivity contribution in [1.29, 1.82) is 0 Å². The number of nitrogens with zero attached hydrogens (tertiary/aromatic N) is 2. The summed E-state index contributed by atoms with van der Waals surface area (Å²) in [5.41, 5.74) is 0.137. The molecular weight excluding hydrogens is 535 g/mol. The van der Waals surface area contributed by atoms with Crippen molar-refractivity contribution in [2.24, 2.45) is 0 Å². The molecule has 12 heteroatoms. The standard InChI is InChI=1S/C24H28F3N5O2S2.C2H6/c1-14(2)35-22(18-8-12-29-23(31-18)30-16-5-4-11-28-13-16)15(3)34-19-7-6-17(20(25)21(19)26)32-36(33)24(27)9-10-24;1-2/h6-8,12,16,28,32H,1,4-5,9-11,13H2,2-3H3,(H,29,30,31);1-2H3/b22-15+;. The molecule has 2 fully saturated rings. The van der Waals surface area contributed by atoms with E-state index in [1.54, 1.807) is 19.2 Å². The number of anilines is 2. The average Bonchev–Trinajstić information content (AvgIpc) is 3.67. The Morgan fingerprint density at radius 2 is 1.97 bits per heavy atom. The van der Waals surface area contributed by atoms with Crippen LogP contribution in [0, 0.1) is 11.6 Å². The lowest BCUT2D eigenvalue weighted by Gasteiger charge is -2.24. The number of allylic oxidation sites excluding steroid dienone is 2. The molecule has 0 bridgehead atoms. The van der Waals surface area contributed by atoms with Crippen LogP contribution < -0.4 is 20.1 Å². The fraction of sp³-hybridized carbons (Fsp3) is 0.462. The number of halogens is 3. The zero-order valence-electron chi connectivity index (χ0n) is 22.0. The molecule has 1 aliphatic carbocycles. The van der Waals surface area contributed by atoms with Gasteiger partial charge in [0.2, 0.25) is 16.8 Å². The minimum Gasteiger partial charge on any atom is -0.458 e. The van der Waals surface area contributed by atoms with Gasteiger partial charge in [0.15, 0.2) is 22.6 Å². The molecule has 4 rings (SSSR count). The van der Waals surface area contributed by atoms with Crippen LogP contribution >= 0.6 is 11.8 Å². The summed E-state index contributed by atoms with van der Waals surface area (Å²) in [5, 5.41) is 4.75. The Hall–Kier alpha value is -2.57. The maximum Gasteiger partial charge on any atom is 0.223 e. The van der Waals surface area contributed by atoms with E-state index < -0.39 is 33.3 Å². The highest BCUT2D eigenvalue weighted by atomic mass is 32.2. The average molecular weight is 570 g/mol. The monoisotopic (exact) mass is 569 g/mol. The van der Waals surface area contributed by atoms with Crippen LogP contribution in [0.3, 0.4) is 0 Å². The first-order valence-electron chi connectivity index (χ1n) is 12.5. The highest BCUT2D eigenvalue weighted by Gasteiger charge is 2.50.